The second-order valence-corrected chi connectivity index (χ2v) is 4.92. The third-order valence-electron chi connectivity index (χ3n) is 3.41. The van der Waals surface area contributed by atoms with Crippen molar-refractivity contribution in [1.29, 1.82) is 0 Å². The number of hydrogen-bond donors (Lipinski definition) is 1. The number of amides is 1. The molecular formula is C16H20N2O2. The summed E-state index contributed by atoms with van der Waals surface area (Å²) in [6.07, 6.45) is 0.428. The molecule has 1 fully saturated rings. The van der Waals surface area contributed by atoms with Crippen LogP contribution in [0.2, 0.25) is 0 Å². The highest BCUT2D eigenvalue weighted by atomic mass is 16.2. The van der Waals surface area contributed by atoms with Crippen molar-refractivity contribution >= 4 is 5.91 Å². The van der Waals surface area contributed by atoms with Crippen LogP contribution in [0.25, 0.3) is 0 Å². The van der Waals surface area contributed by atoms with E-state index in [2.05, 4.69) is 23.8 Å². The monoisotopic (exact) mass is 272 g/mol. The number of nitrogens with zero attached hydrogens (tertiary/aromatic N) is 2. The minimum atomic E-state index is 0.0432. The maximum Gasteiger partial charge on any atom is 0.255 e. The number of hydrogen-bond acceptors (Lipinski definition) is 3. The summed E-state index contributed by atoms with van der Waals surface area (Å²) in [4.78, 5) is 16.7. The van der Waals surface area contributed by atoms with Crippen molar-refractivity contribution in [2.45, 2.75) is 6.42 Å². The lowest BCUT2D eigenvalue weighted by molar-refractivity contribution is 0.0664. The smallest absolute Gasteiger partial charge is 0.255 e. The van der Waals surface area contributed by atoms with Crippen LogP contribution >= 0.6 is 0 Å². The molecule has 0 atom stereocenters. The number of likely N-dealkylation sites (N-methyl/N-ethyl adjacent to an activating group) is 1. The van der Waals surface area contributed by atoms with Crippen LogP contribution in [0, 0.1) is 11.8 Å². The maximum atomic E-state index is 12.6. The highest BCUT2D eigenvalue weighted by molar-refractivity contribution is 5.96. The summed E-state index contributed by atoms with van der Waals surface area (Å²) in [5, 5.41) is 8.77. The van der Waals surface area contributed by atoms with Gasteiger partial charge in [0.1, 0.15) is 0 Å². The Balaban J connectivity index is 2.16. The predicted molar refractivity (Wildman–Crippen MR) is 78.4 cm³/mol. The van der Waals surface area contributed by atoms with Crippen LogP contribution in [0.4, 0.5) is 0 Å². The molecule has 106 valence electrons. The Morgan fingerprint density at radius 1 is 1.25 bits per heavy atom. The molecule has 1 N–H and O–H groups in total. The van der Waals surface area contributed by atoms with Crippen molar-refractivity contribution < 1.29 is 9.90 Å². The number of carbonyl (C=O) groups is 1. The first-order chi connectivity index (χ1) is 9.72. The summed E-state index contributed by atoms with van der Waals surface area (Å²) in [6.45, 7) is 3.37. The van der Waals surface area contributed by atoms with E-state index < -0.39 is 0 Å². The van der Waals surface area contributed by atoms with Gasteiger partial charge in [0.05, 0.1) is 12.2 Å². The number of rotatable bonds is 2. The van der Waals surface area contributed by atoms with Gasteiger partial charge in [0.25, 0.3) is 5.91 Å². The first-order valence-electron chi connectivity index (χ1n) is 6.89. The molecule has 0 spiro atoms. The zero-order valence-corrected chi connectivity index (χ0v) is 11.8. The Morgan fingerprint density at radius 3 is 2.65 bits per heavy atom. The van der Waals surface area contributed by atoms with Crippen molar-refractivity contribution in [2.24, 2.45) is 0 Å². The topological polar surface area (TPSA) is 43.8 Å². The lowest BCUT2D eigenvalue weighted by Gasteiger charge is -2.32. The molecule has 20 heavy (non-hydrogen) atoms. The van der Waals surface area contributed by atoms with Crippen LogP contribution < -0.4 is 0 Å². The van der Waals surface area contributed by atoms with E-state index in [1.807, 2.05) is 29.2 Å². The molecule has 0 aliphatic carbocycles. The molecule has 4 heteroatoms. The molecule has 2 rings (SSSR count). The largest absolute Gasteiger partial charge is 0.395 e. The van der Waals surface area contributed by atoms with Crippen molar-refractivity contribution in [3.63, 3.8) is 0 Å². The standard InChI is InChI=1S/C16H20N2O2/c1-17-9-11-18(12-10-17)16(20)15-8-3-2-6-14(15)7-4-5-13-19/h2-3,6,8,19H,5,9-13H2,1H3. The number of benzene rings is 1. The zero-order valence-electron chi connectivity index (χ0n) is 11.8. The molecule has 1 saturated heterocycles. The number of aliphatic hydroxyl groups excluding tert-OH is 1. The Morgan fingerprint density at radius 2 is 1.95 bits per heavy atom. The van der Waals surface area contributed by atoms with Gasteiger partial charge in [-0.15, -0.1) is 0 Å². The van der Waals surface area contributed by atoms with Crippen LogP contribution in [-0.4, -0.2) is 60.6 Å². The van der Waals surface area contributed by atoms with Gasteiger partial charge in [-0.25, -0.2) is 0 Å². The van der Waals surface area contributed by atoms with Crippen LogP contribution in [-0.2, 0) is 0 Å². The molecule has 1 aliphatic rings. The Labute approximate surface area is 120 Å². The molecule has 4 nitrogen and oxygen atoms in total. The predicted octanol–water partition coefficient (Wildman–Crippen LogP) is 0.808. The Hall–Kier alpha value is -1.83. The van der Waals surface area contributed by atoms with Crippen molar-refractivity contribution in [2.75, 3.05) is 39.8 Å². The van der Waals surface area contributed by atoms with E-state index in [0.717, 1.165) is 31.7 Å². The molecule has 0 bridgehead atoms. The quantitative estimate of drug-likeness (QED) is 0.810. The van der Waals surface area contributed by atoms with Crippen molar-refractivity contribution in [3.05, 3.63) is 35.4 Å². The summed E-state index contributed by atoms with van der Waals surface area (Å²) in [6, 6.07) is 7.42. The second kappa shape index (κ2) is 7.09. The first-order valence-corrected chi connectivity index (χ1v) is 6.89. The van der Waals surface area contributed by atoms with Gasteiger partial charge >= 0.3 is 0 Å². The average Bonchev–Trinajstić information content (AvgIpc) is 2.48. The fraction of sp³-hybridized carbons (Fsp3) is 0.438. The second-order valence-electron chi connectivity index (χ2n) is 4.92. The molecular weight excluding hydrogens is 252 g/mol. The third-order valence-corrected chi connectivity index (χ3v) is 3.41. The first kappa shape index (κ1) is 14.6. The van der Waals surface area contributed by atoms with Crippen LogP contribution in [0.5, 0.6) is 0 Å². The third kappa shape index (κ3) is 3.60. The molecule has 1 aliphatic heterocycles. The summed E-state index contributed by atoms with van der Waals surface area (Å²) >= 11 is 0. The van der Waals surface area contributed by atoms with E-state index in [1.54, 1.807) is 0 Å². The van der Waals surface area contributed by atoms with Gasteiger partial charge in [0, 0.05) is 38.2 Å². The van der Waals surface area contributed by atoms with E-state index in [0.29, 0.717) is 12.0 Å². The fourth-order valence-electron chi connectivity index (χ4n) is 2.17. The summed E-state index contributed by atoms with van der Waals surface area (Å²) in [5.74, 6) is 5.90. The minimum absolute atomic E-state index is 0.0432. The number of aliphatic hydroxyl groups is 1. The highest BCUT2D eigenvalue weighted by Gasteiger charge is 2.21. The lowest BCUT2D eigenvalue weighted by Crippen LogP contribution is -2.47. The number of piperazine rings is 1. The van der Waals surface area contributed by atoms with E-state index >= 15 is 0 Å². The average molecular weight is 272 g/mol. The van der Waals surface area contributed by atoms with Crippen molar-refractivity contribution in [3.8, 4) is 11.8 Å². The molecule has 1 aromatic rings. The highest BCUT2D eigenvalue weighted by Crippen LogP contribution is 2.12. The maximum absolute atomic E-state index is 12.6. The minimum Gasteiger partial charge on any atom is -0.395 e. The van der Waals surface area contributed by atoms with Crippen LogP contribution in [0.3, 0.4) is 0 Å². The SMILES string of the molecule is CN1CCN(C(=O)c2ccccc2C#CCCO)CC1. The van der Waals surface area contributed by atoms with E-state index in [-0.39, 0.29) is 12.5 Å². The molecule has 1 aromatic carbocycles. The molecule has 0 aromatic heterocycles. The van der Waals surface area contributed by atoms with E-state index in [1.165, 1.54) is 0 Å². The molecule has 0 radical (unpaired) electrons. The van der Waals surface area contributed by atoms with Gasteiger partial charge in [-0.3, -0.25) is 4.79 Å². The normalized spacial score (nSPS) is 15.6. The molecule has 1 heterocycles. The summed E-state index contributed by atoms with van der Waals surface area (Å²) in [7, 11) is 2.07. The zero-order chi connectivity index (χ0) is 14.4. The lowest BCUT2D eigenvalue weighted by atomic mass is 10.1. The Kier molecular flexibility index (Phi) is 5.16. The summed E-state index contributed by atoms with van der Waals surface area (Å²) in [5.41, 5.74) is 1.40. The molecule has 1 amide bonds. The molecule has 0 unspecified atom stereocenters. The fourth-order valence-corrected chi connectivity index (χ4v) is 2.17. The van der Waals surface area contributed by atoms with Gasteiger partial charge in [-0.05, 0) is 19.2 Å². The van der Waals surface area contributed by atoms with Gasteiger partial charge in [-0.1, -0.05) is 24.0 Å². The van der Waals surface area contributed by atoms with Crippen LogP contribution in [0.15, 0.2) is 24.3 Å². The van der Waals surface area contributed by atoms with Gasteiger partial charge in [0.15, 0.2) is 0 Å². The molecule has 0 saturated carbocycles. The van der Waals surface area contributed by atoms with Crippen LogP contribution in [0.1, 0.15) is 22.3 Å². The van der Waals surface area contributed by atoms with Crippen molar-refractivity contribution in [1.82, 2.24) is 9.80 Å². The van der Waals surface area contributed by atoms with Gasteiger partial charge < -0.3 is 14.9 Å². The van der Waals surface area contributed by atoms with E-state index in [9.17, 15) is 4.79 Å². The van der Waals surface area contributed by atoms with E-state index in [4.69, 9.17) is 5.11 Å². The van der Waals surface area contributed by atoms with Gasteiger partial charge in [0.2, 0.25) is 0 Å². The number of carbonyl (C=O) groups excluding carboxylic acids is 1. The summed E-state index contributed by atoms with van der Waals surface area (Å²) < 4.78 is 0. The van der Waals surface area contributed by atoms with Gasteiger partial charge in [-0.2, -0.15) is 0 Å². The Bertz CT molecular complexity index is 523.